The number of rotatable bonds is 6. The highest BCUT2D eigenvalue weighted by Gasteiger charge is 2.36. The summed E-state index contributed by atoms with van der Waals surface area (Å²) in [4.78, 5) is 34.3. The van der Waals surface area contributed by atoms with E-state index in [1.165, 1.54) is 0 Å². The third-order valence-corrected chi connectivity index (χ3v) is 6.31. The molecule has 0 unspecified atom stereocenters. The normalized spacial score (nSPS) is 19.9. The first-order valence-corrected chi connectivity index (χ1v) is 10.8. The van der Waals surface area contributed by atoms with Crippen LogP contribution in [0, 0.1) is 11.8 Å². The largest absolute Gasteiger partial charge is 0.340 e. The molecule has 156 valence electrons. The monoisotopic (exact) mass is 403 g/mol. The summed E-state index contributed by atoms with van der Waals surface area (Å²) in [5, 5.41) is 0. The number of pyridine rings is 1. The summed E-state index contributed by atoms with van der Waals surface area (Å²) in [6.07, 6.45) is 9.08. The first-order valence-electron chi connectivity index (χ1n) is 10.8. The molecule has 5 heteroatoms. The Morgan fingerprint density at radius 1 is 1.17 bits per heavy atom. The van der Waals surface area contributed by atoms with E-state index < -0.39 is 0 Å². The molecule has 30 heavy (non-hydrogen) atoms. The van der Waals surface area contributed by atoms with Gasteiger partial charge >= 0.3 is 0 Å². The minimum atomic E-state index is -0.255. The van der Waals surface area contributed by atoms with Crippen molar-refractivity contribution in [3.63, 3.8) is 0 Å². The molecule has 2 heterocycles. The summed E-state index contributed by atoms with van der Waals surface area (Å²) in [6, 6.07) is 12.1. The summed E-state index contributed by atoms with van der Waals surface area (Å²) in [7, 11) is 0. The fourth-order valence-corrected chi connectivity index (χ4v) is 4.42. The second-order valence-electron chi connectivity index (χ2n) is 8.28. The van der Waals surface area contributed by atoms with Gasteiger partial charge in [0.15, 0.2) is 0 Å². The second-order valence-corrected chi connectivity index (χ2v) is 8.28. The van der Waals surface area contributed by atoms with Crippen LogP contribution in [0.3, 0.4) is 0 Å². The maximum Gasteiger partial charge on any atom is 0.228 e. The number of benzene rings is 1. The molecule has 1 aliphatic carbocycles. The van der Waals surface area contributed by atoms with Gasteiger partial charge in [-0.1, -0.05) is 42.8 Å². The predicted octanol–water partition coefficient (Wildman–Crippen LogP) is 3.56. The zero-order chi connectivity index (χ0) is 20.9. The SMILES string of the molecule is C=CCN1CCN(C(=O)C2CCC2)C[C@@H](Cc2ccccc2-c2cccnc2)C1=O. The Hall–Kier alpha value is -2.95. The van der Waals surface area contributed by atoms with Gasteiger partial charge in [-0.15, -0.1) is 6.58 Å². The van der Waals surface area contributed by atoms with E-state index in [0.717, 1.165) is 36.0 Å². The molecule has 4 rings (SSSR count). The fourth-order valence-electron chi connectivity index (χ4n) is 4.42. The van der Waals surface area contributed by atoms with E-state index in [2.05, 4.69) is 23.7 Å². The van der Waals surface area contributed by atoms with Crippen molar-refractivity contribution in [1.82, 2.24) is 14.8 Å². The number of hydrogen-bond donors (Lipinski definition) is 0. The Bertz CT molecular complexity index is 908. The van der Waals surface area contributed by atoms with Crippen LogP contribution in [0.5, 0.6) is 0 Å². The van der Waals surface area contributed by atoms with Crippen LogP contribution in [0.25, 0.3) is 11.1 Å². The molecule has 2 amide bonds. The zero-order valence-corrected chi connectivity index (χ0v) is 17.4. The van der Waals surface area contributed by atoms with Crippen molar-refractivity contribution in [2.75, 3.05) is 26.2 Å². The summed E-state index contributed by atoms with van der Waals surface area (Å²) >= 11 is 0. The van der Waals surface area contributed by atoms with Crippen LogP contribution in [-0.4, -0.2) is 52.8 Å². The zero-order valence-electron chi connectivity index (χ0n) is 17.4. The van der Waals surface area contributed by atoms with Gasteiger partial charge in [0, 0.05) is 50.1 Å². The van der Waals surface area contributed by atoms with Gasteiger partial charge in [0.2, 0.25) is 11.8 Å². The molecule has 5 nitrogen and oxygen atoms in total. The Morgan fingerprint density at radius 2 is 2.00 bits per heavy atom. The number of carbonyl (C=O) groups is 2. The average molecular weight is 404 g/mol. The van der Waals surface area contributed by atoms with E-state index in [0.29, 0.717) is 32.6 Å². The van der Waals surface area contributed by atoms with Crippen molar-refractivity contribution in [1.29, 1.82) is 0 Å². The third kappa shape index (κ3) is 4.30. The first-order chi connectivity index (χ1) is 14.7. The van der Waals surface area contributed by atoms with Crippen LogP contribution in [0.4, 0.5) is 0 Å². The van der Waals surface area contributed by atoms with Gasteiger partial charge in [0.25, 0.3) is 0 Å². The summed E-state index contributed by atoms with van der Waals surface area (Å²) < 4.78 is 0. The Labute approximate surface area is 178 Å². The van der Waals surface area contributed by atoms with Crippen molar-refractivity contribution >= 4 is 11.8 Å². The lowest BCUT2D eigenvalue weighted by Gasteiger charge is -2.32. The number of aromatic nitrogens is 1. The molecule has 2 aliphatic rings. The standard InChI is InChI=1S/C25H29N3O2/c1-2-13-27-14-15-28(24(29)19-8-5-9-19)18-22(25(27)30)16-20-7-3-4-11-23(20)21-10-6-12-26-17-21/h2-4,6-7,10-12,17,19,22H,1,5,8-9,13-16,18H2/t22-/m1/s1. The van der Waals surface area contributed by atoms with Crippen LogP contribution in [0.2, 0.25) is 0 Å². The predicted molar refractivity (Wildman–Crippen MR) is 118 cm³/mol. The molecule has 1 aliphatic heterocycles. The Kier molecular flexibility index (Phi) is 6.26. The van der Waals surface area contributed by atoms with Crippen LogP contribution >= 0.6 is 0 Å². The van der Waals surface area contributed by atoms with Gasteiger partial charge in [-0.05, 0) is 36.5 Å². The summed E-state index contributed by atoms with van der Waals surface area (Å²) in [5.74, 6) is 0.225. The maximum absolute atomic E-state index is 13.3. The quantitative estimate of drug-likeness (QED) is 0.693. The van der Waals surface area contributed by atoms with Gasteiger partial charge < -0.3 is 9.80 Å². The van der Waals surface area contributed by atoms with E-state index in [-0.39, 0.29) is 23.7 Å². The average Bonchev–Trinajstić information content (AvgIpc) is 2.88. The molecule has 1 aromatic carbocycles. The fraction of sp³-hybridized carbons (Fsp3) is 0.400. The highest BCUT2D eigenvalue weighted by Crippen LogP contribution is 2.30. The molecule has 1 saturated heterocycles. The second kappa shape index (κ2) is 9.24. The third-order valence-electron chi connectivity index (χ3n) is 6.31. The van der Waals surface area contributed by atoms with E-state index >= 15 is 0 Å². The minimum absolute atomic E-state index is 0.111. The number of carbonyl (C=O) groups excluding carboxylic acids is 2. The van der Waals surface area contributed by atoms with Gasteiger partial charge in [0.1, 0.15) is 0 Å². The molecular formula is C25H29N3O2. The lowest BCUT2D eigenvalue weighted by Crippen LogP contribution is -2.42. The number of amides is 2. The van der Waals surface area contributed by atoms with Crippen molar-refractivity contribution in [3.8, 4) is 11.1 Å². The molecular weight excluding hydrogens is 374 g/mol. The van der Waals surface area contributed by atoms with Crippen LogP contribution in [-0.2, 0) is 16.0 Å². The van der Waals surface area contributed by atoms with Gasteiger partial charge in [-0.25, -0.2) is 0 Å². The van der Waals surface area contributed by atoms with E-state index in [9.17, 15) is 9.59 Å². The van der Waals surface area contributed by atoms with Gasteiger partial charge in [0.05, 0.1) is 5.92 Å². The molecule has 0 N–H and O–H groups in total. The molecule has 0 spiro atoms. The van der Waals surface area contributed by atoms with Gasteiger partial charge in [-0.2, -0.15) is 0 Å². The Morgan fingerprint density at radius 3 is 2.70 bits per heavy atom. The number of nitrogens with zero attached hydrogens (tertiary/aromatic N) is 3. The topological polar surface area (TPSA) is 53.5 Å². The van der Waals surface area contributed by atoms with Crippen molar-refractivity contribution in [3.05, 3.63) is 67.0 Å². The Balaban J connectivity index is 1.61. The van der Waals surface area contributed by atoms with Crippen molar-refractivity contribution in [2.24, 2.45) is 11.8 Å². The van der Waals surface area contributed by atoms with Crippen LogP contribution in [0.15, 0.2) is 61.4 Å². The molecule has 0 bridgehead atoms. The molecule has 2 fully saturated rings. The first kappa shape index (κ1) is 20.3. The van der Waals surface area contributed by atoms with E-state index in [1.807, 2.05) is 40.3 Å². The van der Waals surface area contributed by atoms with E-state index in [4.69, 9.17) is 0 Å². The van der Waals surface area contributed by atoms with Gasteiger partial charge in [-0.3, -0.25) is 14.6 Å². The maximum atomic E-state index is 13.3. The van der Waals surface area contributed by atoms with Crippen LogP contribution < -0.4 is 0 Å². The summed E-state index contributed by atoms with van der Waals surface area (Å²) in [5.41, 5.74) is 3.25. The smallest absolute Gasteiger partial charge is 0.228 e. The van der Waals surface area contributed by atoms with Crippen LogP contribution in [0.1, 0.15) is 24.8 Å². The van der Waals surface area contributed by atoms with Crippen molar-refractivity contribution < 1.29 is 9.59 Å². The lowest BCUT2D eigenvalue weighted by atomic mass is 9.84. The molecule has 0 radical (unpaired) electrons. The highest BCUT2D eigenvalue weighted by atomic mass is 16.2. The highest BCUT2D eigenvalue weighted by molar-refractivity contribution is 5.84. The molecule has 1 saturated carbocycles. The van der Waals surface area contributed by atoms with E-state index in [1.54, 1.807) is 12.3 Å². The minimum Gasteiger partial charge on any atom is -0.340 e. The lowest BCUT2D eigenvalue weighted by molar-refractivity contribution is -0.138. The molecule has 2 aromatic rings. The molecule has 1 atom stereocenters. The number of hydrogen-bond acceptors (Lipinski definition) is 3. The summed E-state index contributed by atoms with van der Waals surface area (Å²) in [6.45, 7) is 5.99. The molecule has 1 aromatic heterocycles. The van der Waals surface area contributed by atoms with Crippen molar-refractivity contribution in [2.45, 2.75) is 25.7 Å².